The third kappa shape index (κ3) is 4.20. The first-order valence-electron chi connectivity index (χ1n) is 10.5. The number of amides is 1. The van der Waals surface area contributed by atoms with Crippen LogP contribution in [0.4, 0.5) is 0 Å². The van der Waals surface area contributed by atoms with Gasteiger partial charge in [-0.1, -0.05) is 0 Å². The van der Waals surface area contributed by atoms with E-state index in [0.717, 1.165) is 75.2 Å². The van der Waals surface area contributed by atoms with Crippen molar-refractivity contribution in [1.29, 1.82) is 0 Å². The van der Waals surface area contributed by atoms with Gasteiger partial charge in [0.1, 0.15) is 0 Å². The highest BCUT2D eigenvalue weighted by molar-refractivity contribution is 5.80. The minimum atomic E-state index is 0.257. The average Bonchev–Trinajstić information content (AvgIpc) is 3.43. The number of carbonyl (C=O) groups excluding carboxylic acids is 1. The van der Waals surface area contributed by atoms with E-state index in [-0.39, 0.29) is 12.0 Å². The van der Waals surface area contributed by atoms with Gasteiger partial charge in [-0.3, -0.25) is 4.79 Å². The van der Waals surface area contributed by atoms with Gasteiger partial charge in [0.2, 0.25) is 5.91 Å². The summed E-state index contributed by atoms with van der Waals surface area (Å²) < 4.78 is 7.67. The van der Waals surface area contributed by atoms with Gasteiger partial charge in [0, 0.05) is 50.2 Å². The summed E-state index contributed by atoms with van der Waals surface area (Å²) in [5, 5.41) is 6.04. The molecule has 28 heavy (non-hydrogen) atoms. The zero-order valence-electron chi connectivity index (χ0n) is 17.0. The van der Waals surface area contributed by atoms with Crippen molar-refractivity contribution < 1.29 is 9.53 Å². The van der Waals surface area contributed by atoms with E-state index >= 15 is 0 Å². The lowest BCUT2D eigenvalue weighted by molar-refractivity contribution is -0.130. The first-order chi connectivity index (χ1) is 13.6. The highest BCUT2D eigenvalue weighted by Crippen LogP contribution is 2.32. The van der Waals surface area contributed by atoms with Crippen LogP contribution in [0.5, 0.6) is 0 Å². The number of fused-ring (bicyclic) bond motifs is 1. The molecule has 2 saturated heterocycles. The Balaban J connectivity index is 1.43. The Hall–Kier alpha value is -1.99. The van der Waals surface area contributed by atoms with Gasteiger partial charge < -0.3 is 14.5 Å². The fourth-order valence-electron chi connectivity index (χ4n) is 4.31. The van der Waals surface area contributed by atoms with Crippen molar-refractivity contribution in [2.75, 3.05) is 40.3 Å². The van der Waals surface area contributed by atoms with Crippen LogP contribution in [-0.2, 0) is 16.1 Å². The van der Waals surface area contributed by atoms with E-state index in [1.807, 2.05) is 21.8 Å². The third-order valence-corrected chi connectivity index (χ3v) is 5.93. The van der Waals surface area contributed by atoms with Gasteiger partial charge in [-0.15, -0.1) is 0 Å². The highest BCUT2D eigenvalue weighted by atomic mass is 16.5. The van der Waals surface area contributed by atoms with Crippen LogP contribution in [0.2, 0.25) is 0 Å². The molecule has 0 aliphatic carbocycles. The Morgan fingerprint density at radius 1 is 1.36 bits per heavy atom. The molecule has 2 aromatic heterocycles. The fourth-order valence-corrected chi connectivity index (χ4v) is 4.31. The lowest BCUT2D eigenvalue weighted by Gasteiger charge is -2.17. The third-order valence-electron chi connectivity index (χ3n) is 5.93. The lowest BCUT2D eigenvalue weighted by atomic mass is 10.0. The second-order valence-electron chi connectivity index (χ2n) is 8.29. The maximum Gasteiger partial charge on any atom is 0.222 e. The molecule has 0 spiro atoms. The number of nitrogens with zero attached hydrogens (tertiary/aromatic N) is 5. The summed E-state index contributed by atoms with van der Waals surface area (Å²) in [4.78, 5) is 21.4. The van der Waals surface area contributed by atoms with Crippen molar-refractivity contribution in [2.24, 2.45) is 0 Å². The summed E-state index contributed by atoms with van der Waals surface area (Å²) in [6, 6.07) is 4.09. The minimum Gasteiger partial charge on any atom is -0.378 e. The van der Waals surface area contributed by atoms with Crippen molar-refractivity contribution in [1.82, 2.24) is 24.6 Å². The first-order valence-corrected chi connectivity index (χ1v) is 10.5. The molecular formula is C21H31N5O2. The molecule has 2 atom stereocenters. The van der Waals surface area contributed by atoms with Crippen LogP contribution in [0.3, 0.4) is 0 Å². The first kappa shape index (κ1) is 19.3. The number of hydrogen-bond donors (Lipinski definition) is 0. The number of rotatable bonds is 7. The zero-order chi connectivity index (χ0) is 19.5. The van der Waals surface area contributed by atoms with Crippen molar-refractivity contribution >= 4 is 16.9 Å². The summed E-state index contributed by atoms with van der Waals surface area (Å²) in [7, 11) is 4.13. The van der Waals surface area contributed by atoms with E-state index in [9.17, 15) is 4.79 Å². The maximum atomic E-state index is 12.7. The number of pyridine rings is 1. The van der Waals surface area contributed by atoms with E-state index in [4.69, 9.17) is 9.84 Å². The van der Waals surface area contributed by atoms with Crippen LogP contribution in [0.25, 0.3) is 11.0 Å². The molecule has 4 heterocycles. The van der Waals surface area contributed by atoms with Crippen LogP contribution in [0.1, 0.15) is 43.7 Å². The SMILES string of the molecule is CN(C)CCn1nc(C2CCN(C(=O)CCC3CCCO3)C2)c2cccnc21. The van der Waals surface area contributed by atoms with E-state index in [0.29, 0.717) is 12.3 Å². The fraction of sp³-hybridized carbons (Fsp3) is 0.667. The van der Waals surface area contributed by atoms with Gasteiger partial charge in [-0.2, -0.15) is 5.10 Å². The van der Waals surface area contributed by atoms with E-state index in [1.165, 1.54) is 0 Å². The molecule has 4 rings (SSSR count). The summed E-state index contributed by atoms with van der Waals surface area (Å²) in [5.74, 6) is 0.548. The molecule has 2 unspecified atom stereocenters. The van der Waals surface area contributed by atoms with Crippen LogP contribution < -0.4 is 0 Å². The van der Waals surface area contributed by atoms with Crippen LogP contribution in [-0.4, -0.2) is 76.9 Å². The second-order valence-corrected chi connectivity index (χ2v) is 8.29. The summed E-state index contributed by atoms with van der Waals surface area (Å²) in [6.45, 7) is 4.17. The summed E-state index contributed by atoms with van der Waals surface area (Å²) in [5.41, 5.74) is 2.04. The number of aromatic nitrogens is 3. The molecule has 0 N–H and O–H groups in total. The molecule has 7 nitrogen and oxygen atoms in total. The molecule has 2 aromatic rings. The largest absolute Gasteiger partial charge is 0.378 e. The van der Waals surface area contributed by atoms with Gasteiger partial charge in [-0.25, -0.2) is 9.67 Å². The maximum absolute atomic E-state index is 12.7. The van der Waals surface area contributed by atoms with Crippen molar-refractivity contribution in [3.8, 4) is 0 Å². The number of carbonyl (C=O) groups is 1. The molecule has 0 bridgehead atoms. The number of hydrogen-bond acceptors (Lipinski definition) is 5. The number of likely N-dealkylation sites (tertiary alicyclic amines) is 1. The molecular weight excluding hydrogens is 354 g/mol. The molecule has 7 heteroatoms. The van der Waals surface area contributed by atoms with Crippen molar-refractivity contribution in [3.63, 3.8) is 0 Å². The number of likely N-dealkylation sites (N-methyl/N-ethyl adjacent to an activating group) is 1. The summed E-state index contributed by atoms with van der Waals surface area (Å²) >= 11 is 0. The van der Waals surface area contributed by atoms with Gasteiger partial charge >= 0.3 is 0 Å². The summed E-state index contributed by atoms with van der Waals surface area (Å²) in [6.07, 6.45) is 6.75. The predicted molar refractivity (Wildman–Crippen MR) is 108 cm³/mol. The lowest BCUT2D eigenvalue weighted by Crippen LogP contribution is -2.29. The molecule has 2 fully saturated rings. The Bertz CT molecular complexity index is 812. The molecule has 152 valence electrons. The van der Waals surface area contributed by atoms with Crippen molar-refractivity contribution in [3.05, 3.63) is 24.0 Å². The normalized spacial score (nSPS) is 22.6. The molecule has 0 saturated carbocycles. The average molecular weight is 386 g/mol. The van der Waals surface area contributed by atoms with Gasteiger partial charge in [-0.05, 0) is 51.9 Å². The van der Waals surface area contributed by atoms with Gasteiger partial charge in [0.05, 0.1) is 18.3 Å². The van der Waals surface area contributed by atoms with Crippen LogP contribution in [0.15, 0.2) is 18.3 Å². The second kappa shape index (κ2) is 8.57. The van der Waals surface area contributed by atoms with E-state index in [1.54, 1.807) is 0 Å². The molecule has 2 aliphatic heterocycles. The Morgan fingerprint density at radius 3 is 3.04 bits per heavy atom. The monoisotopic (exact) mass is 385 g/mol. The minimum absolute atomic E-state index is 0.257. The van der Waals surface area contributed by atoms with E-state index in [2.05, 4.69) is 30.0 Å². The standard InChI is InChI=1S/C21H31N5O2/c1-24(2)12-13-26-21-18(6-3-10-22-21)20(23-26)16-9-11-25(15-16)19(27)8-7-17-5-4-14-28-17/h3,6,10,16-17H,4-5,7-9,11-15H2,1-2H3. The van der Waals surface area contributed by atoms with Crippen molar-refractivity contribution in [2.45, 2.75) is 50.7 Å². The van der Waals surface area contributed by atoms with Gasteiger partial charge in [0.15, 0.2) is 5.65 Å². The molecule has 0 aromatic carbocycles. The zero-order valence-corrected chi connectivity index (χ0v) is 17.0. The Morgan fingerprint density at radius 2 is 2.25 bits per heavy atom. The predicted octanol–water partition coefficient (Wildman–Crippen LogP) is 2.27. The number of ether oxygens (including phenoxy) is 1. The molecule has 2 aliphatic rings. The molecule has 1 amide bonds. The molecule has 0 radical (unpaired) electrons. The topological polar surface area (TPSA) is 63.5 Å². The van der Waals surface area contributed by atoms with Crippen LogP contribution in [0, 0.1) is 0 Å². The highest BCUT2D eigenvalue weighted by Gasteiger charge is 2.31. The Labute approximate surface area is 166 Å². The van der Waals surface area contributed by atoms with Crippen LogP contribution >= 0.6 is 0 Å². The quantitative estimate of drug-likeness (QED) is 0.732. The Kier molecular flexibility index (Phi) is 5.92. The van der Waals surface area contributed by atoms with E-state index < -0.39 is 0 Å². The smallest absolute Gasteiger partial charge is 0.222 e. The van der Waals surface area contributed by atoms with Gasteiger partial charge in [0.25, 0.3) is 0 Å².